The Hall–Kier alpha value is -0.410. The van der Waals surface area contributed by atoms with Crippen LogP contribution in [0.4, 0.5) is 0 Å². The zero-order valence-corrected chi connectivity index (χ0v) is 10.1. The van der Waals surface area contributed by atoms with E-state index >= 15 is 0 Å². The Morgan fingerprint density at radius 2 is 2.36 bits per heavy atom. The standard InChI is InChI=1S/C11H20N2S/c1-10(14-3)6-7-12-9-11-5-4-8-13(11)2/h4-5,8,10,12H,6-7,9H2,1-3H3. The molecule has 1 rings (SSSR count). The molecule has 1 heterocycles. The van der Waals surface area contributed by atoms with E-state index in [1.165, 1.54) is 12.1 Å². The fraction of sp³-hybridized carbons (Fsp3) is 0.636. The van der Waals surface area contributed by atoms with Gasteiger partial charge in [-0.2, -0.15) is 11.8 Å². The van der Waals surface area contributed by atoms with Gasteiger partial charge in [0.25, 0.3) is 0 Å². The molecule has 1 N–H and O–H groups in total. The third-order valence-corrected chi connectivity index (χ3v) is 3.53. The third-order valence-electron chi connectivity index (χ3n) is 2.49. The van der Waals surface area contributed by atoms with Crippen LogP contribution in [-0.2, 0) is 13.6 Å². The van der Waals surface area contributed by atoms with E-state index in [9.17, 15) is 0 Å². The van der Waals surface area contributed by atoms with Crippen LogP contribution >= 0.6 is 11.8 Å². The van der Waals surface area contributed by atoms with Gasteiger partial charge < -0.3 is 9.88 Å². The average molecular weight is 212 g/mol. The Morgan fingerprint density at radius 1 is 1.57 bits per heavy atom. The number of aromatic nitrogens is 1. The molecule has 2 nitrogen and oxygen atoms in total. The van der Waals surface area contributed by atoms with Gasteiger partial charge in [0.2, 0.25) is 0 Å². The summed E-state index contributed by atoms with van der Waals surface area (Å²) in [6.45, 7) is 4.35. The number of nitrogens with one attached hydrogen (secondary N) is 1. The first-order valence-corrected chi connectivity index (χ1v) is 6.36. The highest BCUT2D eigenvalue weighted by Crippen LogP contribution is 2.08. The Bertz CT molecular complexity index is 258. The van der Waals surface area contributed by atoms with Crippen molar-refractivity contribution in [2.24, 2.45) is 7.05 Å². The molecular formula is C11H20N2S. The number of nitrogens with zero attached hydrogens (tertiary/aromatic N) is 1. The van der Waals surface area contributed by atoms with Gasteiger partial charge in [0.15, 0.2) is 0 Å². The van der Waals surface area contributed by atoms with E-state index in [2.05, 4.69) is 48.4 Å². The summed E-state index contributed by atoms with van der Waals surface area (Å²) in [7, 11) is 2.08. The van der Waals surface area contributed by atoms with Gasteiger partial charge >= 0.3 is 0 Å². The Kier molecular flexibility index (Phi) is 5.12. The van der Waals surface area contributed by atoms with Crippen molar-refractivity contribution in [3.63, 3.8) is 0 Å². The summed E-state index contributed by atoms with van der Waals surface area (Å²) >= 11 is 1.93. The summed E-state index contributed by atoms with van der Waals surface area (Å²) in [5.74, 6) is 0. The van der Waals surface area contributed by atoms with Crippen LogP contribution in [0, 0.1) is 0 Å². The maximum absolute atomic E-state index is 3.46. The maximum Gasteiger partial charge on any atom is 0.0359 e. The molecule has 0 fully saturated rings. The Balaban J connectivity index is 2.13. The molecule has 0 saturated heterocycles. The fourth-order valence-corrected chi connectivity index (χ4v) is 1.67. The molecule has 0 spiro atoms. The SMILES string of the molecule is CSC(C)CCNCc1cccn1C. The van der Waals surface area contributed by atoms with Crippen LogP contribution in [0.25, 0.3) is 0 Å². The maximum atomic E-state index is 3.46. The molecule has 1 atom stereocenters. The summed E-state index contributed by atoms with van der Waals surface area (Å²) in [5.41, 5.74) is 1.35. The van der Waals surface area contributed by atoms with Gasteiger partial charge in [-0.05, 0) is 31.4 Å². The van der Waals surface area contributed by atoms with Crippen LogP contribution in [-0.4, -0.2) is 22.6 Å². The molecule has 80 valence electrons. The minimum absolute atomic E-state index is 0.760. The van der Waals surface area contributed by atoms with Crippen molar-refractivity contribution in [3.05, 3.63) is 24.0 Å². The molecular weight excluding hydrogens is 192 g/mol. The number of rotatable bonds is 6. The van der Waals surface area contributed by atoms with Gasteiger partial charge in [-0.1, -0.05) is 6.92 Å². The molecule has 0 aliphatic heterocycles. The van der Waals surface area contributed by atoms with E-state index in [1.807, 2.05) is 11.8 Å². The van der Waals surface area contributed by atoms with Crippen molar-refractivity contribution in [3.8, 4) is 0 Å². The van der Waals surface area contributed by atoms with E-state index < -0.39 is 0 Å². The minimum atomic E-state index is 0.760. The smallest absolute Gasteiger partial charge is 0.0359 e. The van der Waals surface area contributed by atoms with Crippen LogP contribution < -0.4 is 5.32 Å². The van der Waals surface area contributed by atoms with E-state index in [-0.39, 0.29) is 0 Å². The molecule has 0 bridgehead atoms. The normalized spacial score (nSPS) is 13.1. The summed E-state index contributed by atoms with van der Waals surface area (Å²) in [6.07, 6.45) is 5.50. The first-order chi connectivity index (χ1) is 6.74. The second kappa shape index (κ2) is 6.14. The number of hydrogen-bond acceptors (Lipinski definition) is 2. The summed E-state index contributed by atoms with van der Waals surface area (Å²) in [5, 5.41) is 4.22. The lowest BCUT2D eigenvalue weighted by Gasteiger charge is -2.09. The number of hydrogen-bond donors (Lipinski definition) is 1. The summed E-state index contributed by atoms with van der Waals surface area (Å²) in [6, 6.07) is 4.24. The molecule has 0 aliphatic carbocycles. The predicted molar refractivity (Wildman–Crippen MR) is 64.7 cm³/mol. The van der Waals surface area contributed by atoms with Crippen molar-refractivity contribution in [2.45, 2.75) is 25.1 Å². The number of thioether (sulfide) groups is 1. The van der Waals surface area contributed by atoms with Crippen molar-refractivity contribution in [1.82, 2.24) is 9.88 Å². The van der Waals surface area contributed by atoms with Crippen LogP contribution in [0.2, 0.25) is 0 Å². The lowest BCUT2D eigenvalue weighted by Crippen LogP contribution is -2.18. The van der Waals surface area contributed by atoms with E-state index in [4.69, 9.17) is 0 Å². The van der Waals surface area contributed by atoms with Crippen LogP contribution in [0.3, 0.4) is 0 Å². The quantitative estimate of drug-likeness (QED) is 0.728. The zero-order valence-electron chi connectivity index (χ0n) is 9.29. The third kappa shape index (κ3) is 3.76. The van der Waals surface area contributed by atoms with E-state index in [0.29, 0.717) is 0 Å². The molecule has 0 amide bonds. The molecule has 0 aliphatic rings. The van der Waals surface area contributed by atoms with Crippen molar-refractivity contribution >= 4 is 11.8 Å². The molecule has 0 saturated carbocycles. The second-order valence-corrected chi connectivity index (χ2v) is 4.90. The van der Waals surface area contributed by atoms with Gasteiger partial charge in [-0.15, -0.1) is 0 Å². The van der Waals surface area contributed by atoms with Crippen molar-refractivity contribution < 1.29 is 0 Å². The largest absolute Gasteiger partial charge is 0.353 e. The first kappa shape index (κ1) is 11.7. The summed E-state index contributed by atoms with van der Waals surface area (Å²) in [4.78, 5) is 0. The molecule has 14 heavy (non-hydrogen) atoms. The van der Waals surface area contributed by atoms with Crippen molar-refractivity contribution in [2.75, 3.05) is 12.8 Å². The molecule has 1 unspecified atom stereocenters. The highest BCUT2D eigenvalue weighted by molar-refractivity contribution is 7.99. The predicted octanol–water partition coefficient (Wildman–Crippen LogP) is 2.26. The molecule has 0 radical (unpaired) electrons. The van der Waals surface area contributed by atoms with Crippen LogP contribution in [0.5, 0.6) is 0 Å². The lowest BCUT2D eigenvalue weighted by molar-refractivity contribution is 0.624. The summed E-state index contributed by atoms with van der Waals surface area (Å²) < 4.78 is 2.16. The van der Waals surface area contributed by atoms with Crippen LogP contribution in [0.15, 0.2) is 18.3 Å². The molecule has 3 heteroatoms. The molecule has 0 aromatic carbocycles. The lowest BCUT2D eigenvalue weighted by atomic mass is 10.3. The van der Waals surface area contributed by atoms with Gasteiger partial charge in [0, 0.05) is 30.7 Å². The first-order valence-electron chi connectivity index (χ1n) is 5.07. The van der Waals surface area contributed by atoms with Gasteiger partial charge in [-0.25, -0.2) is 0 Å². The Morgan fingerprint density at radius 3 is 2.93 bits per heavy atom. The van der Waals surface area contributed by atoms with E-state index in [0.717, 1.165) is 18.3 Å². The fourth-order valence-electron chi connectivity index (χ4n) is 1.32. The second-order valence-electron chi connectivity index (χ2n) is 3.62. The van der Waals surface area contributed by atoms with E-state index in [1.54, 1.807) is 0 Å². The average Bonchev–Trinajstić information content (AvgIpc) is 2.58. The van der Waals surface area contributed by atoms with Crippen LogP contribution in [0.1, 0.15) is 19.0 Å². The highest BCUT2D eigenvalue weighted by atomic mass is 32.2. The van der Waals surface area contributed by atoms with Crippen molar-refractivity contribution in [1.29, 1.82) is 0 Å². The zero-order chi connectivity index (χ0) is 10.4. The van der Waals surface area contributed by atoms with Gasteiger partial charge in [-0.3, -0.25) is 0 Å². The highest BCUT2D eigenvalue weighted by Gasteiger charge is 1.99. The van der Waals surface area contributed by atoms with Gasteiger partial charge in [0.1, 0.15) is 0 Å². The monoisotopic (exact) mass is 212 g/mol. The minimum Gasteiger partial charge on any atom is -0.353 e. The van der Waals surface area contributed by atoms with Gasteiger partial charge in [0.05, 0.1) is 0 Å². The number of aryl methyl sites for hydroxylation is 1. The molecule has 1 aromatic heterocycles. The topological polar surface area (TPSA) is 17.0 Å². The molecule has 1 aromatic rings. The Labute approximate surface area is 91.1 Å².